The van der Waals surface area contributed by atoms with Gasteiger partial charge in [0.2, 0.25) is 0 Å². The molecule has 0 spiro atoms. The number of nitrogens with two attached hydrogens (primary N) is 1. The first-order chi connectivity index (χ1) is 9.75. The summed E-state index contributed by atoms with van der Waals surface area (Å²) >= 11 is 0. The van der Waals surface area contributed by atoms with Gasteiger partial charge in [0, 0.05) is 16.9 Å². The fourth-order valence-corrected chi connectivity index (χ4v) is 1.69. The number of benzene rings is 2. The zero-order valence-electron chi connectivity index (χ0n) is 10.5. The van der Waals surface area contributed by atoms with Crippen LogP contribution in [0.25, 0.3) is 0 Å². The SMILES string of the molecule is Nc1cc(F)cc(C(=O)Nc2ccc(C(F)(F)F)cc2)c1. The van der Waals surface area contributed by atoms with Crippen molar-refractivity contribution in [2.45, 2.75) is 6.18 Å². The summed E-state index contributed by atoms with van der Waals surface area (Å²) < 4.78 is 50.3. The predicted molar refractivity (Wildman–Crippen MR) is 70.2 cm³/mol. The largest absolute Gasteiger partial charge is 0.416 e. The van der Waals surface area contributed by atoms with Gasteiger partial charge in [-0.15, -0.1) is 0 Å². The Labute approximate surface area is 117 Å². The van der Waals surface area contributed by atoms with Crippen molar-refractivity contribution in [3.05, 3.63) is 59.4 Å². The third-order valence-electron chi connectivity index (χ3n) is 2.65. The Kier molecular flexibility index (Phi) is 3.84. The average Bonchev–Trinajstić information content (AvgIpc) is 2.37. The monoisotopic (exact) mass is 298 g/mol. The van der Waals surface area contributed by atoms with E-state index in [1.54, 1.807) is 0 Å². The summed E-state index contributed by atoms with van der Waals surface area (Å²) in [5, 5.41) is 2.36. The third kappa shape index (κ3) is 3.71. The van der Waals surface area contributed by atoms with Gasteiger partial charge in [0.25, 0.3) is 5.91 Å². The first-order valence-corrected chi connectivity index (χ1v) is 5.80. The van der Waals surface area contributed by atoms with Crippen molar-refractivity contribution in [1.82, 2.24) is 0 Å². The number of hydrogen-bond donors (Lipinski definition) is 2. The number of nitrogen functional groups attached to an aromatic ring is 1. The molecule has 0 radical (unpaired) electrons. The third-order valence-corrected chi connectivity index (χ3v) is 2.65. The molecule has 2 aromatic rings. The van der Waals surface area contributed by atoms with Gasteiger partial charge in [-0.25, -0.2) is 4.39 Å². The highest BCUT2D eigenvalue weighted by Gasteiger charge is 2.29. The molecule has 0 bridgehead atoms. The first kappa shape index (κ1) is 14.8. The molecule has 2 rings (SSSR count). The Hall–Kier alpha value is -2.57. The van der Waals surface area contributed by atoms with E-state index in [-0.39, 0.29) is 16.9 Å². The van der Waals surface area contributed by atoms with E-state index in [1.807, 2.05) is 0 Å². The minimum Gasteiger partial charge on any atom is -0.399 e. The van der Waals surface area contributed by atoms with Gasteiger partial charge in [-0.05, 0) is 42.5 Å². The predicted octanol–water partition coefficient (Wildman–Crippen LogP) is 3.68. The van der Waals surface area contributed by atoms with Crippen molar-refractivity contribution in [3.8, 4) is 0 Å². The molecule has 0 heterocycles. The van der Waals surface area contributed by atoms with E-state index >= 15 is 0 Å². The number of anilines is 2. The van der Waals surface area contributed by atoms with E-state index in [9.17, 15) is 22.4 Å². The average molecular weight is 298 g/mol. The van der Waals surface area contributed by atoms with Crippen LogP contribution in [0.3, 0.4) is 0 Å². The Morgan fingerprint density at radius 1 is 1.05 bits per heavy atom. The van der Waals surface area contributed by atoms with Gasteiger partial charge in [-0.2, -0.15) is 13.2 Å². The second-order valence-corrected chi connectivity index (χ2v) is 4.30. The second-order valence-electron chi connectivity index (χ2n) is 4.30. The van der Waals surface area contributed by atoms with E-state index in [4.69, 9.17) is 5.73 Å². The summed E-state index contributed by atoms with van der Waals surface area (Å²) in [6.07, 6.45) is -4.44. The van der Waals surface area contributed by atoms with Crippen LogP contribution in [0.15, 0.2) is 42.5 Å². The summed E-state index contributed by atoms with van der Waals surface area (Å²) in [6, 6.07) is 7.21. The van der Waals surface area contributed by atoms with Crippen molar-refractivity contribution in [1.29, 1.82) is 0 Å². The molecule has 3 nitrogen and oxygen atoms in total. The molecular formula is C14H10F4N2O. The topological polar surface area (TPSA) is 55.1 Å². The molecule has 21 heavy (non-hydrogen) atoms. The van der Waals surface area contributed by atoms with Gasteiger partial charge in [-0.1, -0.05) is 0 Å². The maximum Gasteiger partial charge on any atom is 0.416 e. The van der Waals surface area contributed by atoms with Crippen LogP contribution in [0.2, 0.25) is 0 Å². The van der Waals surface area contributed by atoms with Gasteiger partial charge >= 0.3 is 6.18 Å². The van der Waals surface area contributed by atoms with Crippen LogP contribution in [-0.4, -0.2) is 5.91 Å². The van der Waals surface area contributed by atoms with Crippen LogP contribution in [0.5, 0.6) is 0 Å². The van der Waals surface area contributed by atoms with E-state index in [0.29, 0.717) is 0 Å². The second kappa shape index (κ2) is 5.43. The van der Waals surface area contributed by atoms with Crippen LogP contribution in [0.1, 0.15) is 15.9 Å². The molecule has 0 aliphatic rings. The van der Waals surface area contributed by atoms with Crippen molar-refractivity contribution in [3.63, 3.8) is 0 Å². The lowest BCUT2D eigenvalue weighted by Gasteiger charge is -2.09. The van der Waals surface area contributed by atoms with E-state index in [2.05, 4.69) is 5.32 Å². The summed E-state index contributed by atoms with van der Waals surface area (Å²) in [7, 11) is 0. The number of carbonyl (C=O) groups excluding carboxylic acids is 1. The number of carbonyl (C=O) groups is 1. The molecule has 0 saturated carbocycles. The summed E-state index contributed by atoms with van der Waals surface area (Å²) in [5.41, 5.74) is 4.81. The van der Waals surface area contributed by atoms with Gasteiger partial charge in [0.1, 0.15) is 5.82 Å². The highest BCUT2D eigenvalue weighted by Crippen LogP contribution is 2.29. The van der Waals surface area contributed by atoms with Gasteiger partial charge in [-0.3, -0.25) is 4.79 Å². The number of hydrogen-bond acceptors (Lipinski definition) is 2. The van der Waals surface area contributed by atoms with Crippen molar-refractivity contribution < 1.29 is 22.4 Å². The number of halogens is 4. The van der Waals surface area contributed by atoms with Crippen LogP contribution < -0.4 is 11.1 Å². The summed E-state index contributed by atoms with van der Waals surface area (Å²) in [5.74, 6) is -1.34. The lowest BCUT2D eigenvalue weighted by molar-refractivity contribution is -0.137. The molecule has 1 amide bonds. The zero-order chi connectivity index (χ0) is 15.6. The van der Waals surface area contributed by atoms with E-state index in [1.165, 1.54) is 6.07 Å². The highest BCUT2D eigenvalue weighted by molar-refractivity contribution is 6.04. The fraction of sp³-hybridized carbons (Fsp3) is 0.0714. The molecule has 3 N–H and O–H groups in total. The number of alkyl halides is 3. The molecule has 0 aliphatic carbocycles. The van der Waals surface area contributed by atoms with Gasteiger partial charge in [0.05, 0.1) is 5.56 Å². The normalized spacial score (nSPS) is 11.2. The minimum absolute atomic E-state index is 0.0209. The maximum atomic E-state index is 13.1. The van der Waals surface area contributed by atoms with Gasteiger partial charge in [0.15, 0.2) is 0 Å². The quantitative estimate of drug-likeness (QED) is 0.656. The molecule has 0 unspecified atom stereocenters. The summed E-state index contributed by atoms with van der Waals surface area (Å²) in [6.45, 7) is 0. The molecule has 0 fully saturated rings. The molecule has 0 saturated heterocycles. The lowest BCUT2D eigenvalue weighted by Crippen LogP contribution is -2.13. The standard InChI is InChI=1S/C14H10F4N2O/c15-10-5-8(6-11(19)7-10)13(21)20-12-3-1-9(2-4-12)14(16,17)18/h1-7H,19H2,(H,20,21). The van der Waals surface area contributed by atoms with E-state index < -0.39 is 23.5 Å². The smallest absolute Gasteiger partial charge is 0.399 e. The van der Waals surface area contributed by atoms with Crippen LogP contribution in [0, 0.1) is 5.82 Å². The molecular weight excluding hydrogens is 288 g/mol. The number of nitrogens with one attached hydrogen (secondary N) is 1. The molecule has 0 atom stereocenters. The fourth-order valence-electron chi connectivity index (χ4n) is 1.69. The van der Waals surface area contributed by atoms with E-state index in [0.717, 1.165) is 36.4 Å². The Balaban J connectivity index is 2.16. The molecule has 0 aromatic heterocycles. The Morgan fingerprint density at radius 3 is 2.19 bits per heavy atom. The van der Waals surface area contributed by atoms with Crippen LogP contribution in [-0.2, 0) is 6.18 Å². The first-order valence-electron chi connectivity index (χ1n) is 5.80. The molecule has 7 heteroatoms. The Bertz CT molecular complexity index is 645. The van der Waals surface area contributed by atoms with Crippen molar-refractivity contribution in [2.24, 2.45) is 0 Å². The minimum atomic E-state index is -4.44. The van der Waals surface area contributed by atoms with Gasteiger partial charge < -0.3 is 11.1 Å². The van der Waals surface area contributed by atoms with Crippen LogP contribution in [0.4, 0.5) is 28.9 Å². The van der Waals surface area contributed by atoms with Crippen molar-refractivity contribution in [2.75, 3.05) is 11.1 Å². The molecule has 2 aromatic carbocycles. The number of rotatable bonds is 2. The lowest BCUT2D eigenvalue weighted by atomic mass is 10.1. The zero-order valence-corrected chi connectivity index (χ0v) is 10.5. The molecule has 0 aliphatic heterocycles. The highest BCUT2D eigenvalue weighted by atomic mass is 19.4. The summed E-state index contributed by atoms with van der Waals surface area (Å²) in [4.78, 5) is 11.8. The van der Waals surface area contributed by atoms with Crippen molar-refractivity contribution >= 4 is 17.3 Å². The maximum absolute atomic E-state index is 13.1. The Morgan fingerprint density at radius 2 is 1.67 bits per heavy atom. The van der Waals surface area contributed by atoms with Crippen LogP contribution >= 0.6 is 0 Å². The number of amides is 1. The molecule has 110 valence electrons.